The molecular weight excluding hydrogens is 230 g/mol. The van der Waals surface area contributed by atoms with Crippen molar-refractivity contribution < 1.29 is 27.2 Å². The quantitative estimate of drug-likeness (QED) is 0.643. The minimum atomic E-state index is -3.83. The Labute approximate surface area is 83.8 Å². The zero-order valence-corrected chi connectivity index (χ0v) is 10.5. The zero-order valence-electron chi connectivity index (χ0n) is 8.76. The van der Waals surface area contributed by atoms with E-state index >= 15 is 0 Å². The summed E-state index contributed by atoms with van der Waals surface area (Å²) >= 11 is 0. The van der Waals surface area contributed by atoms with Crippen LogP contribution >= 0.6 is 14.6 Å². The van der Waals surface area contributed by atoms with Crippen molar-refractivity contribution in [3.63, 3.8) is 0 Å². The van der Waals surface area contributed by atoms with Gasteiger partial charge in [-0.3, -0.25) is 0 Å². The lowest BCUT2D eigenvalue weighted by molar-refractivity contribution is 0.211. The molecule has 0 fully saturated rings. The monoisotopic (exact) mass is 246 g/mol. The third-order valence-corrected chi connectivity index (χ3v) is 7.51. The van der Waals surface area contributed by atoms with Gasteiger partial charge in [-0.2, -0.15) is 0 Å². The van der Waals surface area contributed by atoms with E-state index in [1.807, 2.05) is 0 Å². The number of hydrogen-bond donors (Lipinski definition) is 0. The molecule has 6 nitrogen and oxygen atoms in total. The first-order valence-corrected chi connectivity index (χ1v) is 7.89. The van der Waals surface area contributed by atoms with E-state index < -0.39 is 14.6 Å². The van der Waals surface area contributed by atoms with Crippen LogP contribution in [0.25, 0.3) is 0 Å². The number of rotatable bonds is 7. The van der Waals surface area contributed by atoms with Crippen LogP contribution in [0.5, 0.6) is 0 Å². The predicted octanol–water partition coefficient (Wildman–Crippen LogP) is 2.65. The zero-order chi connectivity index (χ0) is 11.2. The van der Waals surface area contributed by atoms with Crippen LogP contribution in [0.15, 0.2) is 0 Å². The molecule has 86 valence electrons. The molecule has 0 N–H and O–H groups in total. The van der Waals surface area contributed by atoms with Crippen molar-refractivity contribution in [1.29, 1.82) is 0 Å². The fourth-order valence-corrected chi connectivity index (χ4v) is 5.08. The fraction of sp³-hybridized carbons (Fsp3) is 1.00. The normalized spacial score (nSPS) is 13.1. The van der Waals surface area contributed by atoms with Crippen molar-refractivity contribution in [2.75, 3.05) is 27.4 Å². The smallest absolute Gasteiger partial charge is 0.303 e. The molecule has 0 aliphatic heterocycles. The molecule has 0 bridgehead atoms. The average molecular weight is 246 g/mol. The van der Waals surface area contributed by atoms with Crippen molar-refractivity contribution in [2.45, 2.75) is 13.8 Å². The second-order valence-corrected chi connectivity index (χ2v) is 8.20. The molecule has 0 atom stereocenters. The van der Waals surface area contributed by atoms with Gasteiger partial charge in [-0.05, 0) is 13.8 Å². The molecule has 0 spiro atoms. The average Bonchev–Trinajstić information content (AvgIpc) is 2.17. The van der Waals surface area contributed by atoms with E-state index in [-0.39, 0.29) is 13.2 Å². The van der Waals surface area contributed by atoms with Gasteiger partial charge in [0.1, 0.15) is 0 Å². The Balaban J connectivity index is 4.97. The molecule has 0 heterocycles. The Bertz CT molecular complexity index is 235. The summed E-state index contributed by atoms with van der Waals surface area (Å²) in [7, 11) is -5.39. The molecule has 0 saturated heterocycles. The maximum Gasteiger partial charge on any atom is 0.441 e. The summed E-state index contributed by atoms with van der Waals surface area (Å²) in [6.45, 7) is 3.44. The molecule has 0 aliphatic rings. The van der Waals surface area contributed by atoms with Crippen LogP contribution in [-0.4, -0.2) is 27.4 Å². The molecule has 0 aromatic carbocycles. The van der Waals surface area contributed by atoms with E-state index in [4.69, 9.17) is 9.05 Å². The summed E-state index contributed by atoms with van der Waals surface area (Å²) in [5, 5.41) is 0. The van der Waals surface area contributed by atoms with Gasteiger partial charge in [0.15, 0.2) is 0 Å². The molecule has 0 amide bonds. The van der Waals surface area contributed by atoms with Crippen molar-refractivity contribution >= 4 is 14.6 Å². The van der Waals surface area contributed by atoms with Gasteiger partial charge in [0, 0.05) is 14.2 Å². The van der Waals surface area contributed by atoms with Gasteiger partial charge in [-0.1, -0.05) is 0 Å². The highest BCUT2D eigenvalue weighted by Gasteiger charge is 2.49. The second kappa shape index (κ2) is 6.01. The molecule has 0 aromatic heterocycles. The highest BCUT2D eigenvalue weighted by atomic mass is 32.1. The van der Waals surface area contributed by atoms with Crippen LogP contribution in [-0.2, 0) is 27.2 Å². The van der Waals surface area contributed by atoms with Gasteiger partial charge in [-0.15, -0.1) is 0 Å². The van der Waals surface area contributed by atoms with Crippen molar-refractivity contribution in [2.24, 2.45) is 0 Å². The van der Waals surface area contributed by atoms with E-state index in [1.165, 1.54) is 0 Å². The molecular formula is C6H16O6P2. The fourth-order valence-electron chi connectivity index (χ4n) is 0.780. The maximum atomic E-state index is 11.9. The minimum Gasteiger partial charge on any atom is -0.303 e. The van der Waals surface area contributed by atoms with Crippen LogP contribution in [0.3, 0.4) is 0 Å². The lowest BCUT2D eigenvalue weighted by atomic mass is 10.9. The molecule has 0 rings (SSSR count). The SMILES string of the molecule is CCOP(=O)(OCC)P(=O)(OC)OC. The molecule has 0 aromatic rings. The third kappa shape index (κ3) is 2.89. The Morgan fingerprint density at radius 3 is 1.43 bits per heavy atom. The molecule has 0 unspecified atom stereocenters. The Morgan fingerprint density at radius 1 is 0.857 bits per heavy atom. The largest absolute Gasteiger partial charge is 0.441 e. The highest BCUT2D eigenvalue weighted by Crippen LogP contribution is 2.83. The standard InChI is InChI=1S/C6H16O6P2/c1-5-11-14(8,12-6-2)13(7,9-3)10-4/h5-6H2,1-4H3. The van der Waals surface area contributed by atoms with Crippen LogP contribution in [0.4, 0.5) is 0 Å². The summed E-state index contributed by atoms with van der Waals surface area (Å²) in [4.78, 5) is 0. The van der Waals surface area contributed by atoms with E-state index in [1.54, 1.807) is 13.8 Å². The molecule has 0 radical (unpaired) electrons. The van der Waals surface area contributed by atoms with E-state index in [9.17, 15) is 9.13 Å². The van der Waals surface area contributed by atoms with Crippen LogP contribution in [0.2, 0.25) is 0 Å². The molecule has 0 saturated carbocycles. The van der Waals surface area contributed by atoms with Gasteiger partial charge < -0.3 is 18.1 Å². The molecule has 0 aliphatic carbocycles. The summed E-state index contributed by atoms with van der Waals surface area (Å²) in [6.07, 6.45) is 0. The lowest BCUT2D eigenvalue weighted by Gasteiger charge is -2.22. The first-order valence-electron chi connectivity index (χ1n) is 4.10. The van der Waals surface area contributed by atoms with Gasteiger partial charge >= 0.3 is 14.6 Å². The van der Waals surface area contributed by atoms with Crippen LogP contribution < -0.4 is 0 Å². The Hall–Kier alpha value is 0.300. The highest BCUT2D eigenvalue weighted by molar-refractivity contribution is 8.27. The molecule has 14 heavy (non-hydrogen) atoms. The van der Waals surface area contributed by atoms with Crippen molar-refractivity contribution in [1.82, 2.24) is 0 Å². The third-order valence-electron chi connectivity index (χ3n) is 1.35. The molecule has 8 heteroatoms. The van der Waals surface area contributed by atoms with Gasteiger partial charge in [-0.25, -0.2) is 9.13 Å². The number of hydrogen-bond acceptors (Lipinski definition) is 6. The summed E-state index contributed by atoms with van der Waals surface area (Å²) in [5.74, 6) is 0. The predicted molar refractivity (Wildman–Crippen MR) is 52.5 cm³/mol. The lowest BCUT2D eigenvalue weighted by Crippen LogP contribution is -1.99. The second-order valence-electron chi connectivity index (χ2n) is 2.14. The van der Waals surface area contributed by atoms with Crippen LogP contribution in [0.1, 0.15) is 13.8 Å². The van der Waals surface area contributed by atoms with Gasteiger partial charge in [0.25, 0.3) is 0 Å². The first-order chi connectivity index (χ1) is 6.49. The van der Waals surface area contributed by atoms with E-state index in [0.29, 0.717) is 0 Å². The van der Waals surface area contributed by atoms with Gasteiger partial charge in [0.2, 0.25) is 0 Å². The first kappa shape index (κ1) is 14.3. The van der Waals surface area contributed by atoms with Crippen molar-refractivity contribution in [3.05, 3.63) is 0 Å². The van der Waals surface area contributed by atoms with Gasteiger partial charge in [0.05, 0.1) is 13.2 Å². The summed E-state index contributed by atoms with van der Waals surface area (Å²) < 4.78 is 42.6. The van der Waals surface area contributed by atoms with Crippen molar-refractivity contribution in [3.8, 4) is 0 Å². The summed E-state index contributed by atoms with van der Waals surface area (Å²) in [5.41, 5.74) is 0. The Kier molecular flexibility index (Phi) is 6.14. The maximum absolute atomic E-state index is 11.9. The van der Waals surface area contributed by atoms with E-state index in [0.717, 1.165) is 14.2 Å². The Morgan fingerprint density at radius 2 is 1.21 bits per heavy atom. The van der Waals surface area contributed by atoms with Crippen LogP contribution in [0, 0.1) is 0 Å². The minimum absolute atomic E-state index is 0.105. The summed E-state index contributed by atoms with van der Waals surface area (Å²) in [6, 6.07) is 0. The topological polar surface area (TPSA) is 71.1 Å². The van der Waals surface area contributed by atoms with E-state index in [2.05, 4.69) is 9.05 Å².